The van der Waals surface area contributed by atoms with Crippen molar-refractivity contribution in [2.45, 2.75) is 0 Å². The van der Waals surface area contributed by atoms with Crippen LogP contribution in [0, 0.1) is 6.57 Å². The lowest BCUT2D eigenvalue weighted by Gasteiger charge is -2.35. The Balaban J connectivity index is 1.19. The molecule has 0 fully saturated rings. The van der Waals surface area contributed by atoms with Crippen LogP contribution in [0.15, 0.2) is 237 Å². The fraction of sp³-hybridized carbons (Fsp3) is 0. The third-order valence-electron chi connectivity index (χ3n) is 12.2. The van der Waals surface area contributed by atoms with E-state index in [-0.39, 0.29) is 0 Å². The van der Waals surface area contributed by atoms with Gasteiger partial charge in [-0.25, -0.2) is 9.83 Å². The third-order valence-corrected chi connectivity index (χ3v) is 16.9. The first-order chi connectivity index (χ1) is 31.7. The van der Waals surface area contributed by atoms with Crippen LogP contribution >= 0.6 is 0 Å². The fourth-order valence-corrected chi connectivity index (χ4v) is 14.1. The highest BCUT2D eigenvalue weighted by Gasteiger charge is 2.42. The van der Waals surface area contributed by atoms with Crippen molar-refractivity contribution in [3.8, 4) is 51.0 Å². The van der Waals surface area contributed by atoms with Gasteiger partial charge in [0.25, 0.3) is 0 Å². The molecule has 0 unspecified atom stereocenters. The van der Waals surface area contributed by atoms with Gasteiger partial charge < -0.3 is 0 Å². The molecule has 6 heteroatoms. The van der Waals surface area contributed by atoms with Gasteiger partial charge in [-0.15, -0.1) is 0 Å². The van der Waals surface area contributed by atoms with Gasteiger partial charge in [0, 0.05) is 16.5 Å². The highest BCUT2D eigenvalue weighted by atomic mass is 28.3. The molecule has 0 N–H and O–H groups in total. The van der Waals surface area contributed by atoms with Gasteiger partial charge in [-0.3, -0.25) is 4.57 Å². The van der Waals surface area contributed by atoms with Crippen molar-refractivity contribution in [2.24, 2.45) is 0 Å². The van der Waals surface area contributed by atoms with Crippen molar-refractivity contribution in [2.75, 3.05) is 0 Å². The first-order valence-electron chi connectivity index (χ1n) is 21.4. The number of benzene rings is 9. The van der Waals surface area contributed by atoms with Gasteiger partial charge in [0.15, 0.2) is 25.4 Å². The predicted molar refractivity (Wildman–Crippen MR) is 266 cm³/mol. The summed E-state index contributed by atoms with van der Waals surface area (Å²) >= 11 is 0. The summed E-state index contributed by atoms with van der Waals surface area (Å²) in [6, 6.07) is 83.8. The van der Waals surface area contributed by atoms with Crippen LogP contribution in [0.1, 0.15) is 0 Å². The smallest absolute Gasteiger partial charge is 0.238 e. The van der Waals surface area contributed by atoms with E-state index in [1.54, 1.807) is 0 Å². The lowest BCUT2D eigenvalue weighted by Crippen LogP contribution is -2.74. The van der Waals surface area contributed by atoms with Crippen LogP contribution in [0.25, 0.3) is 77.6 Å². The number of aromatic nitrogens is 4. The molecule has 11 aromatic rings. The van der Waals surface area contributed by atoms with E-state index in [0.29, 0.717) is 23.3 Å². The molecule has 300 valence electrons. The molecule has 2 aromatic heterocycles. The van der Waals surface area contributed by atoms with Gasteiger partial charge in [-0.2, -0.15) is 9.97 Å². The molecule has 0 saturated carbocycles. The van der Waals surface area contributed by atoms with E-state index in [1.807, 2.05) is 60.7 Å². The average molecular weight is 834 g/mol. The summed E-state index contributed by atoms with van der Waals surface area (Å²) in [6.45, 7) is 7.76. The highest BCUT2D eigenvalue weighted by Crippen LogP contribution is 2.35. The molecule has 0 aliphatic carbocycles. The van der Waals surface area contributed by atoms with Crippen LogP contribution in [-0.4, -0.2) is 27.6 Å². The zero-order valence-corrected chi connectivity index (χ0v) is 35.8. The normalized spacial score (nSPS) is 11.4. The van der Waals surface area contributed by atoms with Crippen molar-refractivity contribution >= 4 is 56.3 Å². The molecule has 0 aliphatic rings. The van der Waals surface area contributed by atoms with Crippen LogP contribution in [0.3, 0.4) is 0 Å². The van der Waals surface area contributed by atoms with Gasteiger partial charge in [0.1, 0.15) is 0 Å². The Labute approximate surface area is 373 Å². The lowest BCUT2D eigenvalue weighted by atomic mass is 10.1. The molecule has 64 heavy (non-hydrogen) atoms. The number of hydrogen-bond donors (Lipinski definition) is 0. The van der Waals surface area contributed by atoms with Crippen molar-refractivity contribution in [3.05, 3.63) is 248 Å². The highest BCUT2D eigenvalue weighted by molar-refractivity contribution is 7.20. The second-order valence-corrected chi connectivity index (χ2v) is 19.7. The number of hydrogen-bond acceptors (Lipinski definition) is 3. The Kier molecular flexibility index (Phi) is 9.85. The minimum Gasteiger partial charge on any atom is -0.278 e. The topological polar surface area (TPSA) is 48.0 Å². The molecule has 9 aromatic carbocycles. The second kappa shape index (κ2) is 16.4. The van der Waals surface area contributed by atoms with Crippen molar-refractivity contribution in [3.63, 3.8) is 0 Å². The molecule has 0 aliphatic heterocycles. The number of para-hydroxylation sites is 1. The van der Waals surface area contributed by atoms with Gasteiger partial charge in [-0.1, -0.05) is 218 Å². The van der Waals surface area contributed by atoms with E-state index in [0.717, 1.165) is 32.9 Å². The van der Waals surface area contributed by atoms with Crippen LogP contribution < -0.4 is 20.7 Å². The standard InChI is InChI=1S/C58H39N5Si/c1-59-47-35-36-55-53(40-47)52-33-14-15-34-54(52)63(55)58-61-56(43-23-10-4-11-24-43)60-57(62-58)46-27-18-32-51(39-46)64(48-28-12-5-13-29-48,49-30-16-25-44(37-49)41-19-6-2-7-20-41)50-31-17-26-45(38-50)42-21-8-3-9-22-42/h2-40H. The number of fused-ring (bicyclic) bond motifs is 3. The molecule has 0 amide bonds. The average Bonchev–Trinajstić information content (AvgIpc) is 3.71. The molecule has 0 saturated heterocycles. The fourth-order valence-electron chi connectivity index (χ4n) is 9.26. The Morgan fingerprint density at radius 3 is 1.36 bits per heavy atom. The largest absolute Gasteiger partial charge is 0.278 e. The van der Waals surface area contributed by atoms with Crippen molar-refractivity contribution < 1.29 is 0 Å². The Bertz CT molecular complexity index is 3420. The summed E-state index contributed by atoms with van der Waals surface area (Å²) in [7, 11) is -3.12. The Morgan fingerprint density at radius 1 is 0.344 bits per heavy atom. The summed E-state index contributed by atoms with van der Waals surface area (Å²) < 4.78 is 2.10. The Hall–Kier alpha value is -8.50. The van der Waals surface area contributed by atoms with Crippen molar-refractivity contribution in [1.82, 2.24) is 19.5 Å². The van der Waals surface area contributed by atoms with Gasteiger partial charge in [0.05, 0.1) is 17.6 Å². The van der Waals surface area contributed by atoms with Gasteiger partial charge in [-0.05, 0) is 66.6 Å². The molecule has 2 heterocycles. The summed E-state index contributed by atoms with van der Waals surface area (Å²) in [5, 5.41) is 7.03. The lowest BCUT2D eigenvalue weighted by molar-refractivity contribution is 0.953. The molecule has 0 atom stereocenters. The maximum absolute atomic E-state index is 7.76. The van der Waals surface area contributed by atoms with Crippen LogP contribution in [0.5, 0.6) is 0 Å². The first kappa shape index (κ1) is 38.4. The summed E-state index contributed by atoms with van der Waals surface area (Å²) in [6.07, 6.45) is 0. The number of rotatable bonds is 9. The molecule has 5 nitrogen and oxygen atoms in total. The maximum Gasteiger partial charge on any atom is 0.238 e. The summed E-state index contributed by atoms with van der Waals surface area (Å²) in [4.78, 5) is 19.6. The minimum absolute atomic E-state index is 0.508. The third kappa shape index (κ3) is 6.78. The second-order valence-electron chi connectivity index (χ2n) is 15.9. The molecule has 0 radical (unpaired) electrons. The molecule has 0 spiro atoms. The van der Waals surface area contributed by atoms with E-state index >= 15 is 0 Å². The monoisotopic (exact) mass is 833 g/mol. The molecule has 11 rings (SSSR count). The molecular formula is C58H39N5Si. The number of nitrogens with zero attached hydrogens (tertiary/aromatic N) is 5. The van der Waals surface area contributed by atoms with E-state index in [1.165, 1.54) is 43.0 Å². The van der Waals surface area contributed by atoms with Gasteiger partial charge >= 0.3 is 0 Å². The van der Waals surface area contributed by atoms with E-state index in [2.05, 4.69) is 185 Å². The maximum atomic E-state index is 7.76. The zero-order chi connectivity index (χ0) is 42.9. The SMILES string of the molecule is [C-]#[N+]c1ccc2c(c1)c1ccccc1n2-c1nc(-c2ccccc2)nc(-c2cccc([Si](c3ccccc3)(c3cccc(-c4ccccc4)c3)c3cccc(-c4ccccc4)c3)c2)n1. The van der Waals surface area contributed by atoms with Gasteiger partial charge in [0.2, 0.25) is 5.95 Å². The van der Waals surface area contributed by atoms with Crippen LogP contribution in [0.2, 0.25) is 0 Å². The quantitative estimate of drug-likeness (QED) is 0.0827. The van der Waals surface area contributed by atoms with E-state index < -0.39 is 8.07 Å². The summed E-state index contributed by atoms with van der Waals surface area (Å²) in [5.41, 5.74) is 8.94. The first-order valence-corrected chi connectivity index (χ1v) is 23.4. The van der Waals surface area contributed by atoms with Crippen LogP contribution in [0.4, 0.5) is 5.69 Å². The van der Waals surface area contributed by atoms with Crippen molar-refractivity contribution in [1.29, 1.82) is 0 Å². The van der Waals surface area contributed by atoms with E-state index in [9.17, 15) is 0 Å². The predicted octanol–water partition coefficient (Wildman–Crippen LogP) is 11.6. The Morgan fingerprint density at radius 2 is 0.781 bits per heavy atom. The molecular weight excluding hydrogens is 795 g/mol. The molecule has 0 bridgehead atoms. The van der Waals surface area contributed by atoms with E-state index in [4.69, 9.17) is 21.5 Å². The zero-order valence-electron chi connectivity index (χ0n) is 34.8. The summed E-state index contributed by atoms with van der Waals surface area (Å²) in [5.74, 6) is 1.66. The van der Waals surface area contributed by atoms with Crippen LogP contribution in [-0.2, 0) is 0 Å². The minimum atomic E-state index is -3.12.